The van der Waals surface area contributed by atoms with Gasteiger partial charge in [-0.3, -0.25) is 14.6 Å². The number of para-hydroxylation sites is 1. The Morgan fingerprint density at radius 3 is 2.73 bits per heavy atom. The Morgan fingerprint density at radius 2 is 2.00 bits per heavy atom. The summed E-state index contributed by atoms with van der Waals surface area (Å²) in [6, 6.07) is 9.88. The number of carbonyl (C=O) groups excluding carboxylic acids is 1. The molecule has 1 amide bonds. The Hall–Kier alpha value is -1.89. The Bertz CT molecular complexity index is 690. The molecule has 26 heavy (non-hydrogen) atoms. The van der Waals surface area contributed by atoms with Crippen molar-refractivity contribution < 1.29 is 9.21 Å². The number of fused-ring (bicyclic) bond motifs is 1. The van der Waals surface area contributed by atoms with Gasteiger partial charge in [0.2, 0.25) is 5.91 Å². The number of piperazine rings is 1. The third kappa shape index (κ3) is 4.63. The largest absolute Gasteiger partial charge is 0.459 e. The van der Waals surface area contributed by atoms with Crippen molar-refractivity contribution in [3.8, 4) is 0 Å². The molecule has 6 heteroatoms. The minimum atomic E-state index is -0.0866. The normalized spacial score (nSPS) is 16.9. The zero-order valence-corrected chi connectivity index (χ0v) is 16.1. The smallest absolute Gasteiger partial charge is 0.237 e. The van der Waals surface area contributed by atoms with Gasteiger partial charge in [0.25, 0.3) is 0 Å². The number of nitrogens with one attached hydrogen (secondary N) is 1. The molecule has 2 aromatic rings. The van der Waals surface area contributed by atoms with Crippen molar-refractivity contribution in [2.75, 3.05) is 59.9 Å². The Balaban J connectivity index is 1.51. The Kier molecular flexibility index (Phi) is 6.29. The van der Waals surface area contributed by atoms with E-state index in [1.807, 2.05) is 51.4 Å². The molecule has 1 aliphatic rings. The van der Waals surface area contributed by atoms with Crippen molar-refractivity contribution >= 4 is 16.9 Å². The maximum atomic E-state index is 12.7. The van der Waals surface area contributed by atoms with Crippen LogP contribution in [0.15, 0.2) is 34.7 Å². The van der Waals surface area contributed by atoms with E-state index in [9.17, 15) is 4.79 Å². The Labute approximate surface area is 155 Å². The molecule has 1 N–H and O–H groups in total. The molecular formula is C20H30N4O2. The second-order valence-corrected chi connectivity index (χ2v) is 7.20. The molecule has 1 atom stereocenters. The van der Waals surface area contributed by atoms with Crippen LogP contribution in [0.4, 0.5) is 0 Å². The fraction of sp³-hybridized carbons (Fsp3) is 0.550. The number of benzene rings is 1. The van der Waals surface area contributed by atoms with E-state index in [4.69, 9.17) is 4.42 Å². The standard InChI is InChI=1S/C20H30N4O2/c1-16(19-14-17-6-4-5-7-18(17)26-19)23(3)20(25)15-22(2)12-13-24-10-8-21-9-11-24/h4-7,14,16,21H,8-13,15H2,1-3H3. The number of nitrogens with zero attached hydrogens (tertiary/aromatic N) is 3. The van der Waals surface area contributed by atoms with E-state index in [0.717, 1.165) is 56.0 Å². The average molecular weight is 358 g/mol. The zero-order chi connectivity index (χ0) is 18.5. The second-order valence-electron chi connectivity index (χ2n) is 7.20. The molecule has 1 aromatic carbocycles. The highest BCUT2D eigenvalue weighted by Crippen LogP contribution is 2.26. The van der Waals surface area contributed by atoms with Crippen LogP contribution in [0.5, 0.6) is 0 Å². The number of likely N-dealkylation sites (N-methyl/N-ethyl adjacent to an activating group) is 2. The highest BCUT2D eigenvalue weighted by molar-refractivity contribution is 5.80. The molecule has 1 aromatic heterocycles. The molecule has 1 saturated heterocycles. The first-order valence-corrected chi connectivity index (χ1v) is 9.40. The molecule has 0 radical (unpaired) electrons. The molecule has 0 bridgehead atoms. The van der Waals surface area contributed by atoms with Gasteiger partial charge in [-0.1, -0.05) is 18.2 Å². The number of amides is 1. The SMILES string of the molecule is CC(c1cc2ccccc2o1)N(C)C(=O)CN(C)CCN1CCNCC1. The van der Waals surface area contributed by atoms with E-state index in [0.29, 0.717) is 6.54 Å². The number of rotatable bonds is 7. The summed E-state index contributed by atoms with van der Waals surface area (Å²) in [6.07, 6.45) is 0. The van der Waals surface area contributed by atoms with E-state index >= 15 is 0 Å². The summed E-state index contributed by atoms with van der Waals surface area (Å²) in [5.74, 6) is 0.936. The molecule has 0 saturated carbocycles. The second kappa shape index (κ2) is 8.66. The summed E-state index contributed by atoms with van der Waals surface area (Å²) in [6.45, 7) is 8.63. The summed E-state index contributed by atoms with van der Waals surface area (Å²) in [4.78, 5) is 19.0. The van der Waals surface area contributed by atoms with Crippen LogP contribution in [-0.2, 0) is 4.79 Å². The van der Waals surface area contributed by atoms with Crippen LogP contribution in [0, 0.1) is 0 Å². The Morgan fingerprint density at radius 1 is 1.27 bits per heavy atom. The van der Waals surface area contributed by atoms with Crippen molar-refractivity contribution in [1.82, 2.24) is 20.0 Å². The van der Waals surface area contributed by atoms with Gasteiger partial charge < -0.3 is 14.6 Å². The fourth-order valence-electron chi connectivity index (χ4n) is 3.28. The van der Waals surface area contributed by atoms with Crippen molar-refractivity contribution in [2.24, 2.45) is 0 Å². The zero-order valence-electron chi connectivity index (χ0n) is 16.1. The highest BCUT2D eigenvalue weighted by atomic mass is 16.3. The monoisotopic (exact) mass is 358 g/mol. The summed E-state index contributed by atoms with van der Waals surface area (Å²) in [5.41, 5.74) is 0.864. The minimum absolute atomic E-state index is 0.0866. The van der Waals surface area contributed by atoms with Gasteiger partial charge in [0.15, 0.2) is 0 Å². The predicted molar refractivity (Wildman–Crippen MR) is 104 cm³/mol. The molecule has 3 rings (SSSR count). The summed E-state index contributed by atoms with van der Waals surface area (Å²) >= 11 is 0. The molecule has 1 unspecified atom stereocenters. The lowest BCUT2D eigenvalue weighted by Crippen LogP contribution is -2.47. The van der Waals surface area contributed by atoms with Gasteiger partial charge in [-0.2, -0.15) is 0 Å². The van der Waals surface area contributed by atoms with Crippen LogP contribution in [0.2, 0.25) is 0 Å². The molecule has 0 spiro atoms. The van der Waals surface area contributed by atoms with E-state index in [2.05, 4.69) is 15.1 Å². The summed E-state index contributed by atoms with van der Waals surface area (Å²) < 4.78 is 5.91. The summed E-state index contributed by atoms with van der Waals surface area (Å²) in [5, 5.41) is 4.43. The van der Waals surface area contributed by atoms with Crippen molar-refractivity contribution in [3.05, 3.63) is 36.1 Å². The lowest BCUT2D eigenvalue weighted by molar-refractivity contribution is -0.133. The number of hydrogen-bond donors (Lipinski definition) is 1. The van der Waals surface area contributed by atoms with Crippen LogP contribution < -0.4 is 5.32 Å². The molecule has 6 nitrogen and oxygen atoms in total. The number of furan rings is 1. The first kappa shape index (κ1) is 18.9. The van der Waals surface area contributed by atoms with Crippen LogP contribution in [-0.4, -0.2) is 80.5 Å². The lowest BCUT2D eigenvalue weighted by atomic mass is 10.2. The van der Waals surface area contributed by atoms with Gasteiger partial charge in [0.1, 0.15) is 11.3 Å². The fourth-order valence-corrected chi connectivity index (χ4v) is 3.28. The van der Waals surface area contributed by atoms with Crippen LogP contribution >= 0.6 is 0 Å². The topological polar surface area (TPSA) is 52.0 Å². The van der Waals surface area contributed by atoms with E-state index in [1.165, 1.54) is 0 Å². The van der Waals surface area contributed by atoms with Gasteiger partial charge in [-0.05, 0) is 26.1 Å². The lowest BCUT2D eigenvalue weighted by Gasteiger charge is -2.30. The molecule has 142 valence electrons. The van der Waals surface area contributed by atoms with Gasteiger partial charge in [0, 0.05) is 51.7 Å². The van der Waals surface area contributed by atoms with Crippen LogP contribution in [0.25, 0.3) is 11.0 Å². The third-order valence-electron chi connectivity index (χ3n) is 5.24. The van der Waals surface area contributed by atoms with Crippen molar-refractivity contribution in [2.45, 2.75) is 13.0 Å². The minimum Gasteiger partial charge on any atom is -0.459 e. The first-order valence-electron chi connectivity index (χ1n) is 9.40. The van der Waals surface area contributed by atoms with Gasteiger partial charge in [-0.15, -0.1) is 0 Å². The molecular weight excluding hydrogens is 328 g/mol. The molecule has 2 heterocycles. The summed E-state index contributed by atoms with van der Waals surface area (Å²) in [7, 11) is 3.87. The van der Waals surface area contributed by atoms with Crippen molar-refractivity contribution in [3.63, 3.8) is 0 Å². The van der Waals surface area contributed by atoms with Gasteiger partial charge in [-0.25, -0.2) is 0 Å². The number of hydrogen-bond acceptors (Lipinski definition) is 5. The van der Waals surface area contributed by atoms with E-state index in [1.54, 1.807) is 4.90 Å². The quantitative estimate of drug-likeness (QED) is 0.818. The maximum absolute atomic E-state index is 12.7. The van der Waals surface area contributed by atoms with Gasteiger partial charge in [0.05, 0.1) is 12.6 Å². The first-order chi connectivity index (χ1) is 12.5. The molecule has 1 fully saturated rings. The molecule has 1 aliphatic heterocycles. The van der Waals surface area contributed by atoms with E-state index < -0.39 is 0 Å². The predicted octanol–water partition coefficient (Wildman–Crippen LogP) is 1.79. The highest BCUT2D eigenvalue weighted by Gasteiger charge is 2.22. The molecule has 0 aliphatic carbocycles. The average Bonchev–Trinajstić information content (AvgIpc) is 3.10. The van der Waals surface area contributed by atoms with Gasteiger partial charge >= 0.3 is 0 Å². The van der Waals surface area contributed by atoms with Crippen molar-refractivity contribution in [1.29, 1.82) is 0 Å². The van der Waals surface area contributed by atoms with Crippen LogP contribution in [0.3, 0.4) is 0 Å². The maximum Gasteiger partial charge on any atom is 0.237 e. The number of carbonyl (C=O) groups is 1. The van der Waals surface area contributed by atoms with E-state index in [-0.39, 0.29) is 11.9 Å². The van der Waals surface area contributed by atoms with Crippen LogP contribution in [0.1, 0.15) is 18.7 Å². The third-order valence-corrected chi connectivity index (χ3v) is 5.24.